The molecule has 0 saturated heterocycles. The van der Waals surface area contributed by atoms with Crippen molar-refractivity contribution in [2.45, 2.75) is 32.5 Å². The first-order chi connectivity index (χ1) is 7.67. The van der Waals surface area contributed by atoms with Crippen molar-refractivity contribution in [3.63, 3.8) is 0 Å². The van der Waals surface area contributed by atoms with Gasteiger partial charge in [-0.2, -0.15) is 0 Å². The Hall–Kier alpha value is -1.06. The maximum Gasteiger partial charge on any atom is 0.119 e. The lowest BCUT2D eigenvalue weighted by atomic mass is 10.1. The van der Waals surface area contributed by atoms with E-state index in [0.29, 0.717) is 6.61 Å². The molecule has 16 heavy (non-hydrogen) atoms. The molecule has 2 atom stereocenters. The van der Waals surface area contributed by atoms with Gasteiger partial charge in [0.05, 0.1) is 12.7 Å². The number of methoxy groups -OCH3 is 1. The first-order valence-corrected chi connectivity index (χ1v) is 5.61. The highest BCUT2D eigenvalue weighted by atomic mass is 16.5. The van der Waals surface area contributed by atoms with Crippen molar-refractivity contribution in [3.05, 3.63) is 29.8 Å². The molecule has 0 spiro atoms. The molecule has 1 rings (SSSR count). The number of ether oxygens (including phenoxy) is 2. The van der Waals surface area contributed by atoms with Crippen LogP contribution >= 0.6 is 0 Å². The van der Waals surface area contributed by atoms with E-state index in [0.717, 1.165) is 17.7 Å². The second kappa shape index (κ2) is 6.51. The van der Waals surface area contributed by atoms with Gasteiger partial charge in [0.15, 0.2) is 0 Å². The molecule has 3 nitrogen and oxygen atoms in total. The van der Waals surface area contributed by atoms with Crippen molar-refractivity contribution in [2.24, 2.45) is 0 Å². The van der Waals surface area contributed by atoms with Gasteiger partial charge in [-0.25, -0.2) is 0 Å². The zero-order chi connectivity index (χ0) is 12.0. The Bertz CT molecular complexity index is 295. The smallest absolute Gasteiger partial charge is 0.119 e. The van der Waals surface area contributed by atoms with E-state index in [2.05, 4.69) is 0 Å². The Kier molecular flexibility index (Phi) is 5.29. The number of aliphatic hydroxyl groups is 1. The van der Waals surface area contributed by atoms with Crippen LogP contribution in [0.4, 0.5) is 0 Å². The summed E-state index contributed by atoms with van der Waals surface area (Å²) in [5.74, 6) is 0.802. The van der Waals surface area contributed by atoms with Crippen LogP contribution in [0.15, 0.2) is 24.3 Å². The zero-order valence-corrected chi connectivity index (χ0v) is 10.1. The molecule has 0 aliphatic heterocycles. The Morgan fingerprint density at radius 1 is 1.25 bits per heavy atom. The average Bonchev–Trinajstić information content (AvgIpc) is 2.29. The van der Waals surface area contributed by atoms with Crippen molar-refractivity contribution in [2.75, 3.05) is 13.7 Å². The van der Waals surface area contributed by atoms with Crippen LogP contribution in [0.1, 0.15) is 31.9 Å². The van der Waals surface area contributed by atoms with Gasteiger partial charge in [0.1, 0.15) is 11.9 Å². The maximum absolute atomic E-state index is 9.63. The minimum Gasteiger partial charge on any atom is -0.488 e. The molecule has 0 bridgehead atoms. The fourth-order valence-corrected chi connectivity index (χ4v) is 1.51. The van der Waals surface area contributed by atoms with E-state index in [-0.39, 0.29) is 12.2 Å². The first-order valence-electron chi connectivity index (χ1n) is 5.61. The van der Waals surface area contributed by atoms with Crippen molar-refractivity contribution in [1.82, 2.24) is 0 Å². The molecule has 1 aromatic rings. The van der Waals surface area contributed by atoms with Gasteiger partial charge in [-0.3, -0.25) is 0 Å². The molecule has 90 valence electrons. The Morgan fingerprint density at radius 3 is 2.38 bits per heavy atom. The number of benzene rings is 1. The summed E-state index contributed by atoms with van der Waals surface area (Å²) in [6.07, 6.45) is 0.373. The normalized spacial score (nSPS) is 14.5. The number of aliphatic hydroxyl groups excluding tert-OH is 1. The summed E-state index contributed by atoms with van der Waals surface area (Å²) in [6.45, 7) is 4.48. The van der Waals surface area contributed by atoms with E-state index in [1.54, 1.807) is 7.11 Å². The third-order valence-corrected chi connectivity index (χ3v) is 2.39. The predicted octanol–water partition coefficient (Wildman–Crippen LogP) is 2.54. The van der Waals surface area contributed by atoms with Crippen LogP contribution in [0, 0.1) is 0 Å². The molecular weight excluding hydrogens is 204 g/mol. The van der Waals surface area contributed by atoms with Crippen LogP contribution in [0.5, 0.6) is 5.75 Å². The summed E-state index contributed by atoms with van der Waals surface area (Å²) in [6, 6.07) is 7.53. The third-order valence-electron chi connectivity index (χ3n) is 2.39. The predicted molar refractivity (Wildman–Crippen MR) is 63.7 cm³/mol. The van der Waals surface area contributed by atoms with Gasteiger partial charge in [-0.05, 0) is 31.0 Å². The molecule has 0 aliphatic rings. The Labute approximate surface area is 97.0 Å². The Balaban J connectivity index is 2.57. The summed E-state index contributed by atoms with van der Waals surface area (Å²) < 4.78 is 10.6. The fourth-order valence-electron chi connectivity index (χ4n) is 1.51. The average molecular weight is 224 g/mol. The second-order valence-corrected chi connectivity index (χ2v) is 3.88. The van der Waals surface area contributed by atoms with Gasteiger partial charge >= 0.3 is 0 Å². The minimum absolute atomic E-state index is 0.0342. The largest absolute Gasteiger partial charge is 0.488 e. The van der Waals surface area contributed by atoms with Crippen LogP contribution in [0.3, 0.4) is 0 Å². The lowest BCUT2D eigenvalue weighted by Gasteiger charge is -2.14. The van der Waals surface area contributed by atoms with Gasteiger partial charge in [0.2, 0.25) is 0 Å². The number of rotatable bonds is 6. The molecular formula is C13H20O3. The minimum atomic E-state index is -0.384. The van der Waals surface area contributed by atoms with Crippen molar-refractivity contribution in [3.8, 4) is 5.75 Å². The quantitative estimate of drug-likeness (QED) is 0.807. The molecule has 3 heteroatoms. The fraction of sp³-hybridized carbons (Fsp3) is 0.538. The van der Waals surface area contributed by atoms with Gasteiger partial charge < -0.3 is 14.6 Å². The van der Waals surface area contributed by atoms with E-state index in [9.17, 15) is 5.11 Å². The highest BCUT2D eigenvalue weighted by molar-refractivity contribution is 5.28. The molecule has 1 unspecified atom stereocenters. The van der Waals surface area contributed by atoms with E-state index in [4.69, 9.17) is 9.47 Å². The van der Waals surface area contributed by atoms with Gasteiger partial charge in [0, 0.05) is 7.11 Å². The summed E-state index contributed by atoms with van der Waals surface area (Å²) in [5, 5.41) is 9.63. The van der Waals surface area contributed by atoms with E-state index in [1.807, 2.05) is 38.1 Å². The third kappa shape index (κ3) is 3.83. The van der Waals surface area contributed by atoms with Gasteiger partial charge in [-0.15, -0.1) is 0 Å². The van der Waals surface area contributed by atoms with Crippen molar-refractivity contribution >= 4 is 0 Å². The molecule has 0 aromatic heterocycles. The van der Waals surface area contributed by atoms with Gasteiger partial charge in [-0.1, -0.05) is 19.1 Å². The highest BCUT2D eigenvalue weighted by Gasteiger charge is 2.06. The van der Waals surface area contributed by atoms with Crippen LogP contribution in [0.2, 0.25) is 0 Å². The molecule has 0 fully saturated rings. The van der Waals surface area contributed by atoms with Gasteiger partial charge in [0.25, 0.3) is 0 Å². The molecule has 0 radical (unpaired) electrons. The first kappa shape index (κ1) is 13.0. The topological polar surface area (TPSA) is 38.7 Å². The van der Waals surface area contributed by atoms with E-state index < -0.39 is 0 Å². The van der Waals surface area contributed by atoms with Crippen LogP contribution in [0.25, 0.3) is 0 Å². The van der Waals surface area contributed by atoms with E-state index in [1.165, 1.54) is 0 Å². The molecule has 0 saturated carbocycles. The molecule has 0 amide bonds. The van der Waals surface area contributed by atoms with Crippen LogP contribution in [-0.2, 0) is 4.74 Å². The van der Waals surface area contributed by atoms with Crippen molar-refractivity contribution < 1.29 is 14.6 Å². The summed E-state index contributed by atoms with van der Waals surface area (Å²) in [7, 11) is 1.65. The monoisotopic (exact) mass is 224 g/mol. The highest BCUT2D eigenvalue weighted by Crippen LogP contribution is 2.20. The molecule has 1 N–H and O–H groups in total. The standard InChI is InChI=1S/C13H20O3/c1-4-13(14)11-5-7-12(8-6-11)16-10(2)9-15-3/h5-8,10,13-14H,4,9H2,1-3H3/t10?,13-/m0/s1. The number of hydrogen-bond acceptors (Lipinski definition) is 3. The summed E-state index contributed by atoms with van der Waals surface area (Å²) in [4.78, 5) is 0. The van der Waals surface area contributed by atoms with Crippen molar-refractivity contribution in [1.29, 1.82) is 0 Å². The molecule has 0 aliphatic carbocycles. The summed E-state index contributed by atoms with van der Waals surface area (Å²) in [5.41, 5.74) is 0.925. The lowest BCUT2D eigenvalue weighted by Crippen LogP contribution is -2.17. The van der Waals surface area contributed by atoms with Crippen LogP contribution < -0.4 is 4.74 Å². The SMILES string of the molecule is CC[C@H](O)c1ccc(OC(C)COC)cc1. The molecule has 0 heterocycles. The molecule has 1 aromatic carbocycles. The Morgan fingerprint density at radius 2 is 1.88 bits per heavy atom. The summed E-state index contributed by atoms with van der Waals surface area (Å²) >= 11 is 0. The van der Waals surface area contributed by atoms with E-state index >= 15 is 0 Å². The number of hydrogen-bond donors (Lipinski definition) is 1. The lowest BCUT2D eigenvalue weighted by molar-refractivity contribution is 0.0920. The maximum atomic E-state index is 9.63. The second-order valence-electron chi connectivity index (χ2n) is 3.88. The zero-order valence-electron chi connectivity index (χ0n) is 10.1. The van der Waals surface area contributed by atoms with Crippen LogP contribution in [-0.4, -0.2) is 24.9 Å².